The van der Waals surface area contributed by atoms with Gasteiger partial charge in [-0.15, -0.1) is 0 Å². The molecule has 1 saturated heterocycles. The van der Waals surface area contributed by atoms with Gasteiger partial charge in [0.25, 0.3) is 0 Å². The highest BCUT2D eigenvalue weighted by atomic mass is 16.5. The molecule has 2 atom stereocenters. The molecule has 4 aromatic carbocycles. The highest BCUT2D eigenvalue weighted by Gasteiger charge is 2.27. The summed E-state index contributed by atoms with van der Waals surface area (Å²) in [7, 11) is 0. The van der Waals surface area contributed by atoms with Crippen LogP contribution in [0.3, 0.4) is 0 Å². The quantitative estimate of drug-likeness (QED) is 0.210. The lowest BCUT2D eigenvalue weighted by atomic mass is 9.87. The number of carbonyl (C=O) groups excluding carboxylic acids is 1. The molecule has 0 aromatic heterocycles. The lowest BCUT2D eigenvalue weighted by molar-refractivity contribution is 0.0106. The highest BCUT2D eigenvalue weighted by molar-refractivity contribution is 6.08. The molecule has 4 aromatic rings. The molecule has 1 aliphatic heterocycles. The van der Waals surface area contributed by atoms with Gasteiger partial charge in [0.15, 0.2) is 0 Å². The van der Waals surface area contributed by atoms with E-state index < -0.39 is 0 Å². The maximum atomic E-state index is 12.1. The van der Waals surface area contributed by atoms with Crippen molar-refractivity contribution >= 4 is 16.6 Å². The van der Waals surface area contributed by atoms with Gasteiger partial charge in [-0.1, -0.05) is 84.8 Å². The van der Waals surface area contributed by atoms with Crippen LogP contribution < -0.4 is 10.1 Å². The molecule has 0 bridgehead atoms. The van der Waals surface area contributed by atoms with E-state index in [4.69, 9.17) is 9.47 Å². The molecule has 0 amide bonds. The van der Waals surface area contributed by atoms with Gasteiger partial charge in [0, 0.05) is 18.0 Å². The first-order valence-electron chi connectivity index (χ1n) is 12.4. The van der Waals surface area contributed by atoms with E-state index in [0.29, 0.717) is 18.1 Å². The van der Waals surface area contributed by atoms with Gasteiger partial charge >= 0.3 is 0 Å². The maximum absolute atomic E-state index is 12.1. The van der Waals surface area contributed by atoms with Crippen molar-refractivity contribution in [3.05, 3.63) is 114 Å². The molecule has 0 aliphatic carbocycles. The minimum Gasteiger partial charge on any atom is -0.481 e. The molecule has 0 saturated carbocycles. The fourth-order valence-corrected chi connectivity index (χ4v) is 4.63. The summed E-state index contributed by atoms with van der Waals surface area (Å²) in [6, 6.07) is 32.1. The topological polar surface area (TPSA) is 47.6 Å². The Labute approximate surface area is 212 Å². The maximum Gasteiger partial charge on any atom is 0.236 e. The summed E-state index contributed by atoms with van der Waals surface area (Å²) in [5, 5.41) is 5.96. The Balaban J connectivity index is 1.17. The number of hydrogen-bond acceptors (Lipinski definition) is 4. The SMILES string of the molecule is O=C(C#CCOc1ccc(C2CCNCC2OCc2ccc3ccccc3c2)cc1)c1ccccc1. The molecule has 2 unspecified atom stereocenters. The number of ether oxygens (including phenoxy) is 2. The van der Waals surface area contributed by atoms with Crippen LogP contribution in [0.4, 0.5) is 0 Å². The zero-order chi connectivity index (χ0) is 24.6. The number of ketones is 1. The average molecular weight is 476 g/mol. The second-order valence-electron chi connectivity index (χ2n) is 8.98. The summed E-state index contributed by atoms with van der Waals surface area (Å²) < 4.78 is 12.1. The lowest BCUT2D eigenvalue weighted by Gasteiger charge is -2.32. The summed E-state index contributed by atoms with van der Waals surface area (Å²) in [6.45, 7) is 2.57. The Kier molecular flexibility index (Phi) is 7.73. The van der Waals surface area contributed by atoms with E-state index >= 15 is 0 Å². The predicted molar refractivity (Wildman–Crippen MR) is 143 cm³/mol. The molecular formula is C32H29NO3. The van der Waals surface area contributed by atoms with E-state index in [1.54, 1.807) is 12.1 Å². The Morgan fingerprint density at radius 1 is 0.889 bits per heavy atom. The molecule has 0 radical (unpaired) electrons. The summed E-state index contributed by atoms with van der Waals surface area (Å²) >= 11 is 0. The van der Waals surface area contributed by atoms with Gasteiger partial charge in [-0.25, -0.2) is 0 Å². The molecule has 1 aliphatic rings. The Bertz CT molecular complexity index is 1370. The van der Waals surface area contributed by atoms with E-state index in [1.807, 2.05) is 30.3 Å². The summed E-state index contributed by atoms with van der Waals surface area (Å²) in [6.07, 6.45) is 1.13. The number of Topliss-reactive ketones (excluding diaryl/α,β-unsaturated/α-hetero) is 1. The first kappa shape index (κ1) is 23.8. The van der Waals surface area contributed by atoms with Gasteiger partial charge in [0.2, 0.25) is 5.78 Å². The Morgan fingerprint density at radius 3 is 2.50 bits per heavy atom. The fraction of sp³-hybridized carbons (Fsp3) is 0.219. The number of fused-ring (bicyclic) bond motifs is 1. The number of hydrogen-bond donors (Lipinski definition) is 1. The third kappa shape index (κ3) is 6.01. The van der Waals surface area contributed by atoms with Crippen molar-refractivity contribution < 1.29 is 14.3 Å². The van der Waals surface area contributed by atoms with Gasteiger partial charge in [0.05, 0.1) is 12.7 Å². The van der Waals surface area contributed by atoms with Gasteiger partial charge < -0.3 is 14.8 Å². The molecular weight excluding hydrogens is 446 g/mol. The smallest absolute Gasteiger partial charge is 0.236 e. The van der Waals surface area contributed by atoms with Crippen molar-refractivity contribution in [2.45, 2.75) is 25.0 Å². The lowest BCUT2D eigenvalue weighted by Crippen LogP contribution is -2.40. The van der Waals surface area contributed by atoms with Crippen LogP contribution in [0, 0.1) is 11.8 Å². The molecule has 36 heavy (non-hydrogen) atoms. The van der Waals surface area contributed by atoms with E-state index in [9.17, 15) is 4.79 Å². The average Bonchev–Trinajstić information content (AvgIpc) is 2.95. The van der Waals surface area contributed by atoms with E-state index in [-0.39, 0.29) is 18.5 Å². The van der Waals surface area contributed by atoms with Gasteiger partial charge in [-0.2, -0.15) is 0 Å². The Morgan fingerprint density at radius 2 is 1.67 bits per heavy atom. The first-order valence-corrected chi connectivity index (χ1v) is 12.4. The molecule has 5 rings (SSSR count). The molecule has 1 fully saturated rings. The van der Waals surface area contributed by atoms with E-state index in [2.05, 4.69) is 71.8 Å². The number of rotatable bonds is 7. The molecule has 180 valence electrons. The summed E-state index contributed by atoms with van der Waals surface area (Å²) in [5.41, 5.74) is 3.03. The van der Waals surface area contributed by atoms with Crippen molar-refractivity contribution in [2.24, 2.45) is 0 Å². The molecule has 4 nitrogen and oxygen atoms in total. The third-order valence-electron chi connectivity index (χ3n) is 6.56. The first-order chi connectivity index (χ1) is 17.8. The van der Waals surface area contributed by atoms with E-state index in [0.717, 1.165) is 25.3 Å². The zero-order valence-electron chi connectivity index (χ0n) is 20.2. The van der Waals surface area contributed by atoms with Crippen LogP contribution in [0.1, 0.15) is 33.8 Å². The van der Waals surface area contributed by atoms with Crippen LogP contribution >= 0.6 is 0 Å². The molecule has 0 spiro atoms. The summed E-state index contributed by atoms with van der Waals surface area (Å²) in [4.78, 5) is 12.1. The standard InChI is InChI=1S/C32H29NO3/c34-31(27-8-2-1-3-9-27)11-6-20-35-29-16-14-26(15-17-29)30-18-19-33-22-32(30)36-23-24-12-13-25-7-4-5-10-28(25)21-24/h1-5,7-10,12-17,21,30,32-33H,18-20,22-23H2. The number of piperidine rings is 1. The van der Waals surface area contributed by atoms with Crippen LogP contribution in [0.25, 0.3) is 10.8 Å². The second kappa shape index (κ2) is 11.7. The number of nitrogens with one attached hydrogen (secondary N) is 1. The van der Waals surface area contributed by atoms with Crippen LogP contribution in [-0.2, 0) is 11.3 Å². The normalized spacial score (nSPS) is 17.2. The van der Waals surface area contributed by atoms with Crippen LogP contribution in [0.5, 0.6) is 5.75 Å². The van der Waals surface area contributed by atoms with Crippen molar-refractivity contribution in [3.8, 4) is 17.6 Å². The largest absolute Gasteiger partial charge is 0.481 e. The second-order valence-corrected chi connectivity index (χ2v) is 8.98. The van der Waals surface area contributed by atoms with Crippen LogP contribution in [0.15, 0.2) is 97.1 Å². The van der Waals surface area contributed by atoms with Crippen LogP contribution in [0.2, 0.25) is 0 Å². The van der Waals surface area contributed by atoms with Crippen molar-refractivity contribution in [1.29, 1.82) is 0 Å². The van der Waals surface area contributed by atoms with Gasteiger partial charge in [-0.05, 0) is 59.0 Å². The summed E-state index contributed by atoms with van der Waals surface area (Å²) in [5.74, 6) is 6.31. The third-order valence-corrected chi connectivity index (χ3v) is 6.56. The van der Waals surface area contributed by atoms with Gasteiger partial charge in [-0.3, -0.25) is 4.79 Å². The fourth-order valence-electron chi connectivity index (χ4n) is 4.63. The molecule has 1 N–H and O–H groups in total. The van der Waals surface area contributed by atoms with Crippen molar-refractivity contribution in [2.75, 3.05) is 19.7 Å². The minimum atomic E-state index is -0.199. The molecule has 1 heterocycles. The highest BCUT2D eigenvalue weighted by Crippen LogP contribution is 2.30. The zero-order valence-corrected chi connectivity index (χ0v) is 20.2. The van der Waals surface area contributed by atoms with Crippen molar-refractivity contribution in [1.82, 2.24) is 5.32 Å². The predicted octanol–water partition coefficient (Wildman–Crippen LogP) is 5.77. The number of benzene rings is 4. The number of carbonyl (C=O) groups is 1. The van der Waals surface area contributed by atoms with Gasteiger partial charge in [0.1, 0.15) is 12.4 Å². The van der Waals surface area contributed by atoms with E-state index in [1.165, 1.54) is 21.9 Å². The minimum absolute atomic E-state index is 0.104. The molecule has 4 heteroatoms. The monoisotopic (exact) mass is 475 g/mol. The van der Waals surface area contributed by atoms with Crippen molar-refractivity contribution in [3.63, 3.8) is 0 Å². The van der Waals surface area contributed by atoms with Crippen LogP contribution in [-0.4, -0.2) is 31.6 Å². The Hall–Kier alpha value is -3.91.